The third-order valence-corrected chi connectivity index (χ3v) is 2.62. The zero-order valence-corrected chi connectivity index (χ0v) is 10.3. The van der Waals surface area contributed by atoms with E-state index < -0.39 is 5.97 Å². The van der Waals surface area contributed by atoms with Crippen molar-refractivity contribution in [3.05, 3.63) is 53.3 Å². The third-order valence-electron chi connectivity index (χ3n) is 2.62. The number of ether oxygens (including phenoxy) is 1. The smallest absolute Gasteiger partial charge is 0.356 e. The molecule has 0 unspecified atom stereocenters. The largest absolute Gasteiger partial charge is 0.461 e. The Morgan fingerprint density at radius 3 is 2.72 bits per heavy atom. The van der Waals surface area contributed by atoms with Crippen LogP contribution in [0.5, 0.6) is 0 Å². The lowest BCUT2D eigenvalue weighted by atomic mass is 10.1. The van der Waals surface area contributed by atoms with Gasteiger partial charge in [-0.15, -0.1) is 0 Å². The molecule has 0 atom stereocenters. The van der Waals surface area contributed by atoms with Crippen LogP contribution in [-0.4, -0.2) is 17.6 Å². The Hall–Kier alpha value is -2.23. The molecule has 4 heteroatoms. The minimum atomic E-state index is -0.408. The van der Waals surface area contributed by atoms with Crippen LogP contribution < -0.4 is 5.73 Å². The number of hydrogen-bond acceptors (Lipinski definition) is 3. The number of rotatable bonds is 4. The molecule has 0 fully saturated rings. The maximum absolute atomic E-state index is 11.6. The van der Waals surface area contributed by atoms with Gasteiger partial charge in [0.1, 0.15) is 5.69 Å². The maximum atomic E-state index is 11.6. The summed E-state index contributed by atoms with van der Waals surface area (Å²) < 4.78 is 4.92. The van der Waals surface area contributed by atoms with Crippen LogP contribution in [0.2, 0.25) is 0 Å². The number of nitrogen functional groups attached to an aromatic ring is 1. The SMILES string of the molecule is CCOC(=O)c1[nH]c(Cc2ccccc2)cc1N. The molecule has 0 amide bonds. The predicted molar refractivity (Wildman–Crippen MR) is 70.4 cm³/mol. The summed E-state index contributed by atoms with van der Waals surface area (Å²) in [7, 11) is 0. The highest BCUT2D eigenvalue weighted by Gasteiger charge is 2.14. The van der Waals surface area contributed by atoms with Gasteiger partial charge in [-0.3, -0.25) is 0 Å². The number of carbonyl (C=O) groups excluding carboxylic acids is 1. The average molecular weight is 244 g/mol. The van der Waals surface area contributed by atoms with Crippen LogP contribution in [0.25, 0.3) is 0 Å². The molecular formula is C14H16N2O2. The summed E-state index contributed by atoms with van der Waals surface area (Å²) in [5.74, 6) is -0.408. The van der Waals surface area contributed by atoms with Crippen molar-refractivity contribution >= 4 is 11.7 Å². The Kier molecular flexibility index (Phi) is 3.67. The first-order valence-electron chi connectivity index (χ1n) is 5.89. The zero-order chi connectivity index (χ0) is 13.0. The second-order valence-electron chi connectivity index (χ2n) is 4.01. The molecule has 18 heavy (non-hydrogen) atoms. The van der Waals surface area contributed by atoms with Crippen LogP contribution >= 0.6 is 0 Å². The number of anilines is 1. The molecule has 1 heterocycles. The van der Waals surface area contributed by atoms with Gasteiger partial charge in [-0.05, 0) is 18.6 Å². The molecule has 0 saturated carbocycles. The number of carbonyl (C=O) groups is 1. The van der Waals surface area contributed by atoms with Crippen molar-refractivity contribution in [3.63, 3.8) is 0 Å². The summed E-state index contributed by atoms with van der Waals surface area (Å²) >= 11 is 0. The van der Waals surface area contributed by atoms with Crippen molar-refractivity contribution in [2.45, 2.75) is 13.3 Å². The van der Waals surface area contributed by atoms with E-state index in [1.54, 1.807) is 13.0 Å². The minimum absolute atomic E-state index is 0.336. The standard InChI is InChI=1S/C14H16N2O2/c1-2-18-14(17)13-12(15)9-11(16-13)8-10-6-4-3-5-7-10/h3-7,9,16H,2,8,15H2,1H3. The van der Waals surface area contributed by atoms with Gasteiger partial charge in [0.05, 0.1) is 12.3 Å². The van der Waals surface area contributed by atoms with Gasteiger partial charge in [0, 0.05) is 12.1 Å². The number of hydrogen-bond donors (Lipinski definition) is 2. The Bertz CT molecular complexity index is 532. The van der Waals surface area contributed by atoms with E-state index in [4.69, 9.17) is 10.5 Å². The molecule has 0 aliphatic heterocycles. The Labute approximate surface area is 106 Å². The number of aromatic nitrogens is 1. The first kappa shape index (κ1) is 12.2. The second kappa shape index (κ2) is 5.40. The first-order valence-corrected chi connectivity index (χ1v) is 5.89. The van der Waals surface area contributed by atoms with Crippen molar-refractivity contribution in [3.8, 4) is 0 Å². The summed E-state index contributed by atoms with van der Waals surface area (Å²) in [5, 5.41) is 0. The average Bonchev–Trinajstić information content (AvgIpc) is 2.72. The van der Waals surface area contributed by atoms with Gasteiger partial charge >= 0.3 is 5.97 Å². The number of nitrogens with two attached hydrogens (primary N) is 1. The van der Waals surface area contributed by atoms with Crippen LogP contribution in [0.4, 0.5) is 5.69 Å². The number of H-pyrrole nitrogens is 1. The lowest BCUT2D eigenvalue weighted by Crippen LogP contribution is -2.07. The highest BCUT2D eigenvalue weighted by Crippen LogP contribution is 2.17. The molecule has 2 rings (SSSR count). The Morgan fingerprint density at radius 1 is 1.33 bits per heavy atom. The Morgan fingerprint density at radius 2 is 2.06 bits per heavy atom. The molecule has 0 bridgehead atoms. The lowest BCUT2D eigenvalue weighted by Gasteiger charge is -2.00. The molecule has 2 aromatic rings. The van der Waals surface area contributed by atoms with Crippen molar-refractivity contribution in [2.75, 3.05) is 12.3 Å². The monoisotopic (exact) mass is 244 g/mol. The topological polar surface area (TPSA) is 68.1 Å². The van der Waals surface area contributed by atoms with E-state index in [2.05, 4.69) is 4.98 Å². The van der Waals surface area contributed by atoms with Gasteiger partial charge in [-0.2, -0.15) is 0 Å². The fraction of sp³-hybridized carbons (Fsp3) is 0.214. The van der Waals surface area contributed by atoms with Crippen molar-refractivity contribution in [2.24, 2.45) is 0 Å². The maximum Gasteiger partial charge on any atom is 0.356 e. The van der Waals surface area contributed by atoms with E-state index >= 15 is 0 Å². The fourth-order valence-electron chi connectivity index (χ4n) is 1.81. The summed E-state index contributed by atoms with van der Waals surface area (Å²) in [5.41, 5.74) is 8.63. The highest BCUT2D eigenvalue weighted by molar-refractivity contribution is 5.93. The molecule has 0 spiro atoms. The molecule has 3 N–H and O–H groups in total. The molecule has 94 valence electrons. The molecule has 0 radical (unpaired) electrons. The van der Waals surface area contributed by atoms with Crippen LogP contribution in [0.3, 0.4) is 0 Å². The van der Waals surface area contributed by atoms with Crippen molar-refractivity contribution in [1.82, 2.24) is 4.98 Å². The molecule has 1 aromatic carbocycles. The summed E-state index contributed by atoms with van der Waals surface area (Å²) in [6, 6.07) is 11.8. The number of nitrogens with one attached hydrogen (secondary N) is 1. The molecule has 1 aromatic heterocycles. The van der Waals surface area contributed by atoms with Gasteiger partial charge in [-0.25, -0.2) is 4.79 Å². The molecule has 4 nitrogen and oxygen atoms in total. The molecular weight excluding hydrogens is 228 g/mol. The van der Waals surface area contributed by atoms with Gasteiger partial charge in [0.2, 0.25) is 0 Å². The van der Waals surface area contributed by atoms with E-state index in [0.717, 1.165) is 11.3 Å². The number of esters is 1. The van der Waals surface area contributed by atoms with E-state index in [0.29, 0.717) is 24.4 Å². The van der Waals surface area contributed by atoms with Crippen LogP contribution in [0.15, 0.2) is 36.4 Å². The zero-order valence-electron chi connectivity index (χ0n) is 10.3. The molecule has 0 aliphatic carbocycles. The minimum Gasteiger partial charge on any atom is -0.461 e. The normalized spacial score (nSPS) is 10.3. The van der Waals surface area contributed by atoms with Crippen LogP contribution in [0, 0.1) is 0 Å². The van der Waals surface area contributed by atoms with Crippen molar-refractivity contribution in [1.29, 1.82) is 0 Å². The summed E-state index contributed by atoms with van der Waals surface area (Å²) in [4.78, 5) is 14.6. The Balaban J connectivity index is 2.16. The van der Waals surface area contributed by atoms with Crippen molar-refractivity contribution < 1.29 is 9.53 Å². The van der Waals surface area contributed by atoms with Gasteiger partial charge in [0.15, 0.2) is 0 Å². The van der Waals surface area contributed by atoms with Gasteiger partial charge in [-0.1, -0.05) is 30.3 Å². The van der Waals surface area contributed by atoms with E-state index in [9.17, 15) is 4.79 Å². The summed E-state index contributed by atoms with van der Waals surface area (Å²) in [6.07, 6.45) is 0.713. The van der Waals surface area contributed by atoms with Crippen LogP contribution in [0.1, 0.15) is 28.7 Å². The number of benzene rings is 1. The first-order chi connectivity index (χ1) is 8.70. The van der Waals surface area contributed by atoms with Crippen LogP contribution in [-0.2, 0) is 11.2 Å². The number of aromatic amines is 1. The van der Waals surface area contributed by atoms with Gasteiger partial charge < -0.3 is 15.5 Å². The lowest BCUT2D eigenvalue weighted by molar-refractivity contribution is 0.0521. The quantitative estimate of drug-likeness (QED) is 0.811. The predicted octanol–water partition coefficient (Wildman–Crippen LogP) is 2.36. The van der Waals surface area contributed by atoms with E-state index in [-0.39, 0.29) is 0 Å². The highest BCUT2D eigenvalue weighted by atomic mass is 16.5. The van der Waals surface area contributed by atoms with E-state index in [1.165, 1.54) is 0 Å². The van der Waals surface area contributed by atoms with E-state index in [1.807, 2.05) is 30.3 Å². The molecule has 0 saturated heterocycles. The fourth-order valence-corrected chi connectivity index (χ4v) is 1.81. The third kappa shape index (κ3) is 2.71. The van der Waals surface area contributed by atoms with Gasteiger partial charge in [0.25, 0.3) is 0 Å². The molecule has 0 aliphatic rings. The second-order valence-corrected chi connectivity index (χ2v) is 4.01. The summed E-state index contributed by atoms with van der Waals surface area (Å²) in [6.45, 7) is 2.10.